The second kappa shape index (κ2) is 8.29. The Morgan fingerprint density at radius 1 is 1.12 bits per heavy atom. The lowest BCUT2D eigenvalue weighted by Gasteiger charge is -2.07. The summed E-state index contributed by atoms with van der Waals surface area (Å²) in [5.41, 5.74) is 3.04. The van der Waals surface area contributed by atoms with Crippen molar-refractivity contribution in [3.63, 3.8) is 0 Å². The second-order valence-electron chi connectivity index (χ2n) is 5.56. The van der Waals surface area contributed by atoms with Gasteiger partial charge in [-0.05, 0) is 61.0 Å². The molecule has 0 aliphatic heterocycles. The smallest absolute Gasteiger partial charge is 0.234 e. The number of amides is 1. The predicted molar refractivity (Wildman–Crippen MR) is 103 cm³/mol. The van der Waals surface area contributed by atoms with Gasteiger partial charge in [0.25, 0.3) is 0 Å². The standard InChI is InChI=1S/C19H15ClFN3OS/c1-12-2-7-15(10-16(12)20)22-18(25)11-26-19-9-8-17(23-24-19)13-3-5-14(21)6-4-13/h2-10H,11H2,1H3,(H,22,25). The summed E-state index contributed by atoms with van der Waals surface area (Å²) in [5.74, 6) is -0.245. The van der Waals surface area contributed by atoms with Gasteiger partial charge in [0.15, 0.2) is 0 Å². The zero-order chi connectivity index (χ0) is 18.5. The maximum absolute atomic E-state index is 13.0. The van der Waals surface area contributed by atoms with Crippen LogP contribution in [-0.4, -0.2) is 21.9 Å². The van der Waals surface area contributed by atoms with E-state index in [-0.39, 0.29) is 17.5 Å². The molecule has 1 heterocycles. The van der Waals surface area contributed by atoms with Gasteiger partial charge in [-0.1, -0.05) is 29.4 Å². The molecule has 2 aromatic carbocycles. The molecule has 132 valence electrons. The lowest BCUT2D eigenvalue weighted by atomic mass is 10.1. The number of aryl methyl sites for hydroxylation is 1. The summed E-state index contributed by atoms with van der Waals surface area (Å²) in [6, 6.07) is 15.0. The molecular formula is C19H15ClFN3OS. The molecule has 7 heteroatoms. The summed E-state index contributed by atoms with van der Waals surface area (Å²) in [6.07, 6.45) is 0. The monoisotopic (exact) mass is 387 g/mol. The Hall–Kier alpha value is -2.44. The third-order valence-electron chi connectivity index (χ3n) is 3.59. The molecule has 0 atom stereocenters. The van der Waals surface area contributed by atoms with E-state index in [0.29, 0.717) is 21.4 Å². The normalized spacial score (nSPS) is 10.6. The first-order valence-corrected chi connectivity index (χ1v) is 9.16. The van der Waals surface area contributed by atoms with Gasteiger partial charge in [0.1, 0.15) is 10.8 Å². The zero-order valence-electron chi connectivity index (χ0n) is 13.9. The minimum atomic E-state index is -0.297. The Morgan fingerprint density at radius 3 is 2.54 bits per heavy atom. The number of rotatable bonds is 5. The van der Waals surface area contributed by atoms with Crippen LogP contribution in [0.15, 0.2) is 59.6 Å². The number of benzene rings is 2. The van der Waals surface area contributed by atoms with Crippen LogP contribution < -0.4 is 5.32 Å². The van der Waals surface area contributed by atoms with E-state index in [1.54, 1.807) is 36.4 Å². The SMILES string of the molecule is Cc1ccc(NC(=O)CSc2ccc(-c3ccc(F)cc3)nn2)cc1Cl. The van der Waals surface area contributed by atoms with Gasteiger partial charge in [-0.15, -0.1) is 10.2 Å². The van der Waals surface area contributed by atoms with Crippen LogP contribution in [0.5, 0.6) is 0 Å². The molecule has 0 unspecified atom stereocenters. The highest BCUT2D eigenvalue weighted by Crippen LogP contribution is 2.22. The molecule has 0 spiro atoms. The van der Waals surface area contributed by atoms with Crippen LogP contribution in [0.25, 0.3) is 11.3 Å². The van der Waals surface area contributed by atoms with Crippen LogP contribution in [0.4, 0.5) is 10.1 Å². The van der Waals surface area contributed by atoms with Crippen molar-refractivity contribution in [3.05, 3.63) is 71.0 Å². The van der Waals surface area contributed by atoms with Crippen molar-refractivity contribution in [1.29, 1.82) is 0 Å². The number of carbonyl (C=O) groups is 1. The Bertz CT molecular complexity index is 917. The lowest BCUT2D eigenvalue weighted by Crippen LogP contribution is -2.14. The topological polar surface area (TPSA) is 54.9 Å². The quantitative estimate of drug-likeness (QED) is 0.627. The molecule has 1 N–H and O–H groups in total. The fraction of sp³-hybridized carbons (Fsp3) is 0.105. The molecular weight excluding hydrogens is 373 g/mol. The molecule has 26 heavy (non-hydrogen) atoms. The van der Waals surface area contributed by atoms with Crippen LogP contribution in [0.2, 0.25) is 5.02 Å². The number of nitrogens with one attached hydrogen (secondary N) is 1. The van der Waals surface area contributed by atoms with Crippen molar-refractivity contribution in [2.75, 3.05) is 11.1 Å². The zero-order valence-corrected chi connectivity index (χ0v) is 15.4. The van der Waals surface area contributed by atoms with Crippen LogP contribution >= 0.6 is 23.4 Å². The summed E-state index contributed by atoms with van der Waals surface area (Å²) in [4.78, 5) is 12.0. The Labute approximate surface area is 159 Å². The first kappa shape index (κ1) is 18.4. The molecule has 0 bridgehead atoms. The van der Waals surface area contributed by atoms with E-state index in [4.69, 9.17) is 11.6 Å². The summed E-state index contributed by atoms with van der Waals surface area (Å²) < 4.78 is 13.0. The third-order valence-corrected chi connectivity index (χ3v) is 4.91. The molecule has 1 aromatic heterocycles. The summed E-state index contributed by atoms with van der Waals surface area (Å²) in [6.45, 7) is 1.90. The molecule has 4 nitrogen and oxygen atoms in total. The van der Waals surface area contributed by atoms with E-state index in [1.807, 2.05) is 13.0 Å². The van der Waals surface area contributed by atoms with E-state index >= 15 is 0 Å². The molecule has 1 amide bonds. The minimum Gasteiger partial charge on any atom is -0.325 e. The van der Waals surface area contributed by atoms with E-state index in [2.05, 4.69) is 15.5 Å². The van der Waals surface area contributed by atoms with Gasteiger partial charge < -0.3 is 5.32 Å². The average molecular weight is 388 g/mol. The number of carbonyl (C=O) groups excluding carboxylic acids is 1. The van der Waals surface area contributed by atoms with E-state index in [9.17, 15) is 9.18 Å². The lowest BCUT2D eigenvalue weighted by molar-refractivity contribution is -0.113. The van der Waals surface area contributed by atoms with Gasteiger partial charge >= 0.3 is 0 Å². The maximum Gasteiger partial charge on any atom is 0.234 e. The maximum atomic E-state index is 13.0. The highest BCUT2D eigenvalue weighted by Gasteiger charge is 2.07. The van der Waals surface area contributed by atoms with Gasteiger partial charge in [0.05, 0.1) is 11.4 Å². The van der Waals surface area contributed by atoms with E-state index in [1.165, 1.54) is 23.9 Å². The number of hydrogen-bond donors (Lipinski definition) is 1. The van der Waals surface area contributed by atoms with Gasteiger partial charge in [-0.25, -0.2) is 4.39 Å². The largest absolute Gasteiger partial charge is 0.325 e. The molecule has 0 saturated heterocycles. The number of thioether (sulfide) groups is 1. The Balaban J connectivity index is 1.56. The van der Waals surface area contributed by atoms with Gasteiger partial charge in [-0.2, -0.15) is 0 Å². The second-order valence-corrected chi connectivity index (χ2v) is 6.97. The van der Waals surface area contributed by atoms with Crippen molar-refractivity contribution in [1.82, 2.24) is 10.2 Å². The van der Waals surface area contributed by atoms with Gasteiger partial charge in [-0.3, -0.25) is 4.79 Å². The highest BCUT2D eigenvalue weighted by molar-refractivity contribution is 7.99. The average Bonchev–Trinajstić information content (AvgIpc) is 2.64. The van der Waals surface area contributed by atoms with E-state index in [0.717, 1.165) is 11.1 Å². The Morgan fingerprint density at radius 2 is 1.88 bits per heavy atom. The van der Waals surface area contributed by atoms with Gasteiger partial charge in [0, 0.05) is 16.3 Å². The van der Waals surface area contributed by atoms with Crippen molar-refractivity contribution in [2.24, 2.45) is 0 Å². The summed E-state index contributed by atoms with van der Waals surface area (Å²) in [5, 5.41) is 12.3. The number of nitrogens with zero attached hydrogens (tertiary/aromatic N) is 2. The highest BCUT2D eigenvalue weighted by atomic mass is 35.5. The minimum absolute atomic E-state index is 0.153. The van der Waals surface area contributed by atoms with Crippen LogP contribution in [0.1, 0.15) is 5.56 Å². The van der Waals surface area contributed by atoms with Crippen LogP contribution in [-0.2, 0) is 4.79 Å². The van der Waals surface area contributed by atoms with Crippen molar-refractivity contribution < 1.29 is 9.18 Å². The fourth-order valence-corrected chi connectivity index (χ4v) is 2.97. The Kier molecular flexibility index (Phi) is 5.85. The van der Waals surface area contributed by atoms with Crippen LogP contribution in [0.3, 0.4) is 0 Å². The third kappa shape index (κ3) is 4.80. The van der Waals surface area contributed by atoms with Crippen LogP contribution in [0, 0.1) is 12.7 Å². The molecule has 0 aliphatic carbocycles. The molecule has 0 radical (unpaired) electrons. The summed E-state index contributed by atoms with van der Waals surface area (Å²) in [7, 11) is 0. The van der Waals surface area contributed by atoms with Crippen molar-refractivity contribution in [3.8, 4) is 11.3 Å². The van der Waals surface area contributed by atoms with Crippen molar-refractivity contribution in [2.45, 2.75) is 11.9 Å². The number of aromatic nitrogens is 2. The molecule has 3 rings (SSSR count). The number of hydrogen-bond acceptors (Lipinski definition) is 4. The van der Waals surface area contributed by atoms with Crippen molar-refractivity contribution >= 4 is 35.0 Å². The van der Waals surface area contributed by atoms with E-state index < -0.39 is 0 Å². The molecule has 0 saturated carbocycles. The van der Waals surface area contributed by atoms with Gasteiger partial charge in [0.2, 0.25) is 5.91 Å². The predicted octanol–water partition coefficient (Wildman–Crippen LogP) is 4.98. The first-order valence-electron chi connectivity index (χ1n) is 7.80. The fourth-order valence-electron chi connectivity index (χ4n) is 2.18. The molecule has 3 aromatic rings. The summed E-state index contributed by atoms with van der Waals surface area (Å²) >= 11 is 7.33. The molecule has 0 aliphatic rings. The molecule has 0 fully saturated rings. The number of halogens is 2. The number of anilines is 1. The first-order chi connectivity index (χ1) is 12.5.